The molecule has 1 saturated heterocycles. The molecule has 1 aliphatic rings. The van der Waals surface area contributed by atoms with Gasteiger partial charge in [0.05, 0.1) is 0 Å². The molecule has 0 atom stereocenters. The molecule has 72 valence electrons. The Morgan fingerprint density at radius 1 is 1.62 bits per heavy atom. The minimum Gasteiger partial charge on any atom is -0.344 e. The molecule has 1 N–H and O–H groups in total. The molecule has 0 spiro atoms. The number of nitrogens with zero attached hydrogens (tertiary/aromatic N) is 3. The lowest BCUT2D eigenvalue weighted by Crippen LogP contribution is -2.57. The first-order valence-electron chi connectivity index (χ1n) is 4.43. The summed E-state index contributed by atoms with van der Waals surface area (Å²) in [6, 6.07) is 0. The molecule has 1 aromatic heterocycles. The van der Waals surface area contributed by atoms with E-state index in [9.17, 15) is 0 Å². The summed E-state index contributed by atoms with van der Waals surface area (Å²) in [5.41, 5.74) is 1.97. The Morgan fingerprint density at radius 3 is 3.08 bits per heavy atom. The molecule has 5 heteroatoms. The van der Waals surface area contributed by atoms with Gasteiger partial charge < -0.3 is 10.2 Å². The van der Waals surface area contributed by atoms with E-state index in [-0.39, 0.29) is 5.54 Å². The molecule has 0 radical (unpaired) electrons. The van der Waals surface area contributed by atoms with Crippen LogP contribution in [0.5, 0.6) is 0 Å². The van der Waals surface area contributed by atoms with Gasteiger partial charge in [-0.3, -0.25) is 0 Å². The Hall–Kier alpha value is -0.680. The van der Waals surface area contributed by atoms with Gasteiger partial charge in [-0.2, -0.15) is 0 Å². The molecule has 2 rings (SSSR count). The fraction of sp³-hybridized carbons (Fsp3) is 0.750. The summed E-state index contributed by atoms with van der Waals surface area (Å²) in [4.78, 5) is 2.29. The van der Waals surface area contributed by atoms with Crippen LogP contribution in [0.25, 0.3) is 0 Å². The molecular weight excluding hydrogens is 184 g/mol. The van der Waals surface area contributed by atoms with Crippen molar-refractivity contribution in [2.75, 3.05) is 24.5 Å². The molecule has 4 nitrogen and oxygen atoms in total. The van der Waals surface area contributed by atoms with Crippen LogP contribution in [0.2, 0.25) is 0 Å². The first-order valence-corrected chi connectivity index (χ1v) is 5.31. The highest BCUT2D eigenvalue weighted by Gasteiger charge is 2.26. The van der Waals surface area contributed by atoms with E-state index in [1.807, 2.05) is 0 Å². The number of aromatic nitrogens is 2. The van der Waals surface area contributed by atoms with Crippen LogP contribution in [0.1, 0.15) is 13.8 Å². The fourth-order valence-corrected chi connectivity index (χ4v) is 2.20. The largest absolute Gasteiger partial charge is 0.344 e. The Kier molecular flexibility index (Phi) is 2.21. The molecule has 0 aromatic carbocycles. The van der Waals surface area contributed by atoms with Crippen molar-refractivity contribution >= 4 is 16.5 Å². The number of piperazine rings is 1. The Bertz CT molecular complexity index is 270. The molecule has 1 aliphatic heterocycles. The van der Waals surface area contributed by atoms with E-state index in [2.05, 4.69) is 34.3 Å². The highest BCUT2D eigenvalue weighted by atomic mass is 32.1. The van der Waals surface area contributed by atoms with Gasteiger partial charge in [0.2, 0.25) is 5.13 Å². The van der Waals surface area contributed by atoms with Gasteiger partial charge in [0.15, 0.2) is 0 Å². The molecular formula is C8H14N4S. The maximum Gasteiger partial charge on any atom is 0.208 e. The zero-order valence-electron chi connectivity index (χ0n) is 7.95. The summed E-state index contributed by atoms with van der Waals surface area (Å²) in [6.07, 6.45) is 0. The lowest BCUT2D eigenvalue weighted by Gasteiger charge is -2.38. The summed E-state index contributed by atoms with van der Waals surface area (Å²) in [7, 11) is 0. The smallest absolute Gasteiger partial charge is 0.208 e. The second-order valence-electron chi connectivity index (χ2n) is 3.95. The second kappa shape index (κ2) is 3.23. The average Bonchev–Trinajstić information content (AvgIpc) is 2.53. The first-order chi connectivity index (χ1) is 6.17. The van der Waals surface area contributed by atoms with Crippen molar-refractivity contribution in [3.8, 4) is 0 Å². The van der Waals surface area contributed by atoms with Crippen molar-refractivity contribution in [3.05, 3.63) is 5.51 Å². The Morgan fingerprint density at radius 2 is 2.46 bits per heavy atom. The molecule has 13 heavy (non-hydrogen) atoms. The van der Waals surface area contributed by atoms with Crippen LogP contribution in [0, 0.1) is 0 Å². The van der Waals surface area contributed by atoms with Crippen molar-refractivity contribution in [1.29, 1.82) is 0 Å². The van der Waals surface area contributed by atoms with Gasteiger partial charge in [0, 0.05) is 25.2 Å². The second-order valence-corrected chi connectivity index (χ2v) is 4.77. The summed E-state index contributed by atoms with van der Waals surface area (Å²) in [5, 5.41) is 12.4. The van der Waals surface area contributed by atoms with E-state index < -0.39 is 0 Å². The van der Waals surface area contributed by atoms with E-state index in [0.29, 0.717) is 0 Å². The number of anilines is 1. The Labute approximate surface area is 82.0 Å². The summed E-state index contributed by atoms with van der Waals surface area (Å²) in [5.74, 6) is 0. The van der Waals surface area contributed by atoms with Crippen molar-refractivity contribution in [2.24, 2.45) is 0 Å². The minimum atomic E-state index is 0.184. The summed E-state index contributed by atoms with van der Waals surface area (Å²) in [6.45, 7) is 7.47. The molecule has 1 fully saturated rings. The third kappa shape index (κ3) is 1.97. The zero-order chi connectivity index (χ0) is 9.31. The van der Waals surface area contributed by atoms with Gasteiger partial charge in [-0.15, -0.1) is 10.2 Å². The van der Waals surface area contributed by atoms with Crippen molar-refractivity contribution in [2.45, 2.75) is 19.4 Å². The van der Waals surface area contributed by atoms with Gasteiger partial charge in [0.1, 0.15) is 5.51 Å². The van der Waals surface area contributed by atoms with Crippen LogP contribution in [0.15, 0.2) is 5.51 Å². The highest BCUT2D eigenvalue weighted by Crippen LogP contribution is 2.20. The topological polar surface area (TPSA) is 41.1 Å². The third-order valence-corrected chi connectivity index (χ3v) is 2.94. The number of hydrogen-bond acceptors (Lipinski definition) is 5. The van der Waals surface area contributed by atoms with Gasteiger partial charge in [-0.25, -0.2) is 0 Å². The maximum absolute atomic E-state index is 4.07. The van der Waals surface area contributed by atoms with Crippen LogP contribution in [0.3, 0.4) is 0 Å². The van der Waals surface area contributed by atoms with Gasteiger partial charge in [-0.1, -0.05) is 11.3 Å². The van der Waals surface area contributed by atoms with Crippen molar-refractivity contribution in [1.82, 2.24) is 15.5 Å². The molecule has 0 unspecified atom stereocenters. The quantitative estimate of drug-likeness (QED) is 0.722. The van der Waals surface area contributed by atoms with Crippen molar-refractivity contribution in [3.63, 3.8) is 0 Å². The van der Waals surface area contributed by atoms with E-state index in [1.54, 1.807) is 16.8 Å². The minimum absolute atomic E-state index is 0.184. The predicted octanol–water partition coefficient (Wildman–Crippen LogP) is 0.726. The lowest BCUT2D eigenvalue weighted by molar-refractivity contribution is 0.352. The van der Waals surface area contributed by atoms with Crippen LogP contribution < -0.4 is 10.2 Å². The van der Waals surface area contributed by atoms with E-state index >= 15 is 0 Å². The SMILES string of the molecule is CC1(C)CN(c2nncs2)CCN1. The molecule has 0 bridgehead atoms. The number of hydrogen-bond donors (Lipinski definition) is 1. The van der Waals surface area contributed by atoms with Gasteiger partial charge >= 0.3 is 0 Å². The van der Waals surface area contributed by atoms with Crippen LogP contribution >= 0.6 is 11.3 Å². The summed E-state index contributed by atoms with van der Waals surface area (Å²) >= 11 is 1.61. The van der Waals surface area contributed by atoms with E-state index in [4.69, 9.17) is 0 Å². The Balaban J connectivity index is 2.09. The third-order valence-electron chi connectivity index (χ3n) is 2.19. The van der Waals surface area contributed by atoms with Crippen LogP contribution in [-0.4, -0.2) is 35.4 Å². The summed E-state index contributed by atoms with van der Waals surface area (Å²) < 4.78 is 0. The molecule has 0 saturated carbocycles. The highest BCUT2D eigenvalue weighted by molar-refractivity contribution is 7.13. The number of rotatable bonds is 1. The predicted molar refractivity (Wildman–Crippen MR) is 54.2 cm³/mol. The lowest BCUT2D eigenvalue weighted by atomic mass is 10.0. The van der Waals surface area contributed by atoms with Gasteiger partial charge in [-0.05, 0) is 13.8 Å². The standard InChI is InChI=1S/C8H14N4S/c1-8(2)5-12(4-3-9-8)7-11-10-6-13-7/h6,9H,3-5H2,1-2H3. The van der Waals surface area contributed by atoms with E-state index in [1.165, 1.54) is 0 Å². The van der Waals surface area contributed by atoms with Crippen LogP contribution in [0.4, 0.5) is 5.13 Å². The monoisotopic (exact) mass is 198 g/mol. The van der Waals surface area contributed by atoms with Gasteiger partial charge in [0.25, 0.3) is 0 Å². The molecule has 1 aromatic rings. The van der Waals surface area contributed by atoms with Crippen molar-refractivity contribution < 1.29 is 0 Å². The fourth-order valence-electron chi connectivity index (χ4n) is 1.61. The van der Waals surface area contributed by atoms with E-state index in [0.717, 1.165) is 24.8 Å². The normalized spacial score (nSPS) is 21.8. The molecule has 2 heterocycles. The number of nitrogens with one attached hydrogen (secondary N) is 1. The maximum atomic E-state index is 4.07. The molecule has 0 amide bonds. The molecule has 0 aliphatic carbocycles. The van der Waals surface area contributed by atoms with Crippen LogP contribution in [-0.2, 0) is 0 Å². The average molecular weight is 198 g/mol. The zero-order valence-corrected chi connectivity index (χ0v) is 8.77. The first kappa shape index (κ1) is 8.90.